The highest BCUT2D eigenvalue weighted by Gasteiger charge is 2.42. The molecule has 1 fully saturated rings. The maximum atomic E-state index is 13.9. The number of rotatable bonds is 2. The van der Waals surface area contributed by atoms with Gasteiger partial charge in [0.25, 0.3) is 0 Å². The highest BCUT2D eigenvalue weighted by atomic mass is 19.4. The minimum atomic E-state index is -4.60. The summed E-state index contributed by atoms with van der Waals surface area (Å²) in [6.45, 7) is 0. The van der Waals surface area contributed by atoms with Crippen LogP contribution in [0.2, 0.25) is 0 Å². The van der Waals surface area contributed by atoms with Crippen molar-refractivity contribution in [1.29, 1.82) is 0 Å². The molecule has 0 amide bonds. The first-order valence-electron chi connectivity index (χ1n) is 5.45. The van der Waals surface area contributed by atoms with Crippen molar-refractivity contribution in [2.24, 2.45) is 0 Å². The molecule has 1 aromatic rings. The first-order chi connectivity index (χ1) is 8.28. The summed E-state index contributed by atoms with van der Waals surface area (Å²) < 4.78 is 56.5. The number of alkyl halides is 3. The SMILES string of the molecule is COc1cc(C(F)(F)F)cc(C2(O)CCC2)c1F. The van der Waals surface area contributed by atoms with Crippen LogP contribution in [0.15, 0.2) is 12.1 Å². The lowest BCUT2D eigenvalue weighted by Crippen LogP contribution is -2.35. The number of halogens is 4. The molecule has 18 heavy (non-hydrogen) atoms. The number of hydrogen-bond donors (Lipinski definition) is 1. The zero-order valence-electron chi connectivity index (χ0n) is 9.64. The Morgan fingerprint density at radius 1 is 1.28 bits per heavy atom. The van der Waals surface area contributed by atoms with Gasteiger partial charge in [-0.15, -0.1) is 0 Å². The van der Waals surface area contributed by atoms with Crippen LogP contribution in [-0.4, -0.2) is 12.2 Å². The van der Waals surface area contributed by atoms with Gasteiger partial charge in [0, 0.05) is 5.56 Å². The van der Waals surface area contributed by atoms with E-state index in [2.05, 4.69) is 4.74 Å². The maximum Gasteiger partial charge on any atom is 0.416 e. The minimum Gasteiger partial charge on any atom is -0.494 e. The molecule has 1 N–H and O–H groups in total. The van der Waals surface area contributed by atoms with Crippen LogP contribution in [0, 0.1) is 5.82 Å². The Morgan fingerprint density at radius 3 is 2.28 bits per heavy atom. The van der Waals surface area contributed by atoms with Gasteiger partial charge in [-0.05, 0) is 31.4 Å². The van der Waals surface area contributed by atoms with Crippen molar-refractivity contribution in [3.8, 4) is 5.75 Å². The van der Waals surface area contributed by atoms with Crippen molar-refractivity contribution in [2.45, 2.75) is 31.0 Å². The van der Waals surface area contributed by atoms with Crippen LogP contribution in [0.25, 0.3) is 0 Å². The number of ether oxygens (including phenoxy) is 1. The van der Waals surface area contributed by atoms with Crippen molar-refractivity contribution in [2.75, 3.05) is 7.11 Å². The van der Waals surface area contributed by atoms with Crippen LogP contribution in [0.5, 0.6) is 5.75 Å². The Hall–Kier alpha value is -1.30. The molecule has 0 spiro atoms. The third-order valence-electron chi connectivity index (χ3n) is 3.27. The Labute approximate surface area is 101 Å². The summed E-state index contributed by atoms with van der Waals surface area (Å²) in [6.07, 6.45) is -3.42. The molecule has 0 aromatic heterocycles. The van der Waals surface area contributed by atoms with Gasteiger partial charge >= 0.3 is 6.18 Å². The number of hydrogen-bond acceptors (Lipinski definition) is 2. The third kappa shape index (κ3) is 2.05. The molecule has 1 saturated carbocycles. The van der Waals surface area contributed by atoms with Crippen LogP contribution < -0.4 is 4.74 Å². The predicted molar refractivity (Wildman–Crippen MR) is 55.7 cm³/mol. The molecule has 0 bridgehead atoms. The van der Waals surface area contributed by atoms with Gasteiger partial charge in [0.15, 0.2) is 11.6 Å². The molecule has 1 aliphatic rings. The van der Waals surface area contributed by atoms with Crippen LogP contribution in [0.1, 0.15) is 30.4 Å². The van der Waals surface area contributed by atoms with E-state index < -0.39 is 28.9 Å². The summed E-state index contributed by atoms with van der Waals surface area (Å²) in [6, 6.07) is 1.26. The predicted octanol–water partition coefficient (Wildman–Crippen LogP) is 3.22. The summed E-state index contributed by atoms with van der Waals surface area (Å²) >= 11 is 0. The number of aliphatic hydroxyl groups is 1. The molecule has 0 heterocycles. The quantitative estimate of drug-likeness (QED) is 0.831. The first kappa shape index (κ1) is 13.1. The summed E-state index contributed by atoms with van der Waals surface area (Å²) in [5, 5.41) is 10.0. The van der Waals surface area contributed by atoms with Gasteiger partial charge in [-0.1, -0.05) is 0 Å². The van der Waals surface area contributed by atoms with Crippen molar-refractivity contribution < 1.29 is 27.4 Å². The molecule has 0 saturated heterocycles. The van der Waals surface area contributed by atoms with Crippen molar-refractivity contribution in [1.82, 2.24) is 0 Å². The van der Waals surface area contributed by atoms with Crippen LogP contribution in [0.3, 0.4) is 0 Å². The second-order valence-corrected chi connectivity index (χ2v) is 4.42. The summed E-state index contributed by atoms with van der Waals surface area (Å²) in [4.78, 5) is 0. The Balaban J connectivity index is 2.57. The van der Waals surface area contributed by atoms with Crippen molar-refractivity contribution >= 4 is 0 Å². The molecule has 1 aliphatic carbocycles. The van der Waals surface area contributed by atoms with Gasteiger partial charge in [0.1, 0.15) is 0 Å². The Kier molecular flexibility index (Phi) is 3.01. The molecule has 100 valence electrons. The average Bonchev–Trinajstić information content (AvgIpc) is 2.24. The Bertz CT molecular complexity index is 464. The first-order valence-corrected chi connectivity index (χ1v) is 5.45. The molecule has 2 nitrogen and oxygen atoms in total. The van der Waals surface area contributed by atoms with Crippen molar-refractivity contribution in [3.05, 3.63) is 29.1 Å². The van der Waals surface area contributed by atoms with E-state index in [9.17, 15) is 22.7 Å². The third-order valence-corrected chi connectivity index (χ3v) is 3.27. The van der Waals surface area contributed by atoms with Gasteiger partial charge in [-0.2, -0.15) is 13.2 Å². The molecular weight excluding hydrogens is 252 g/mol. The lowest BCUT2D eigenvalue weighted by Gasteiger charge is -2.37. The van der Waals surface area contributed by atoms with Gasteiger partial charge in [-0.25, -0.2) is 4.39 Å². The van der Waals surface area contributed by atoms with E-state index >= 15 is 0 Å². The van der Waals surface area contributed by atoms with Crippen LogP contribution in [0.4, 0.5) is 17.6 Å². The normalized spacial score (nSPS) is 18.3. The highest BCUT2D eigenvalue weighted by molar-refractivity contribution is 5.41. The standard InChI is InChI=1S/C12H12F4O2/c1-18-9-6-7(12(14,15)16)5-8(10(9)13)11(17)3-2-4-11/h5-6,17H,2-4H2,1H3. The summed E-state index contributed by atoms with van der Waals surface area (Å²) in [5.74, 6) is -1.42. The van der Waals surface area contributed by atoms with Crippen molar-refractivity contribution in [3.63, 3.8) is 0 Å². The van der Waals surface area contributed by atoms with E-state index in [1.807, 2.05) is 0 Å². The largest absolute Gasteiger partial charge is 0.494 e. The number of methoxy groups -OCH3 is 1. The zero-order valence-corrected chi connectivity index (χ0v) is 9.64. The highest BCUT2D eigenvalue weighted by Crippen LogP contribution is 2.45. The van der Waals surface area contributed by atoms with E-state index in [4.69, 9.17) is 0 Å². The van der Waals surface area contributed by atoms with Gasteiger partial charge in [0.05, 0.1) is 18.3 Å². The van der Waals surface area contributed by atoms with E-state index in [1.165, 1.54) is 0 Å². The molecule has 0 atom stereocenters. The molecular formula is C12H12F4O2. The molecule has 1 aromatic carbocycles. The molecule has 6 heteroatoms. The second kappa shape index (κ2) is 4.12. The van der Waals surface area contributed by atoms with E-state index in [-0.39, 0.29) is 18.4 Å². The molecule has 0 radical (unpaired) electrons. The Morgan fingerprint density at radius 2 is 1.89 bits per heavy atom. The molecule has 2 rings (SSSR count). The van der Waals surface area contributed by atoms with Gasteiger partial charge in [-0.3, -0.25) is 0 Å². The monoisotopic (exact) mass is 264 g/mol. The molecule has 0 aliphatic heterocycles. The maximum absolute atomic E-state index is 13.9. The average molecular weight is 264 g/mol. The second-order valence-electron chi connectivity index (χ2n) is 4.42. The smallest absolute Gasteiger partial charge is 0.416 e. The van der Waals surface area contributed by atoms with E-state index in [1.54, 1.807) is 0 Å². The zero-order chi connectivity index (χ0) is 13.6. The summed E-state index contributed by atoms with van der Waals surface area (Å²) in [5.41, 5.74) is -2.85. The van der Waals surface area contributed by atoms with Gasteiger partial charge < -0.3 is 9.84 Å². The van der Waals surface area contributed by atoms with E-state index in [0.29, 0.717) is 18.6 Å². The summed E-state index contributed by atoms with van der Waals surface area (Å²) in [7, 11) is 1.09. The number of benzene rings is 1. The lowest BCUT2D eigenvalue weighted by molar-refractivity contribution is -0.138. The van der Waals surface area contributed by atoms with Crippen LogP contribution in [-0.2, 0) is 11.8 Å². The minimum absolute atomic E-state index is 0.258. The molecule has 0 unspecified atom stereocenters. The fourth-order valence-corrected chi connectivity index (χ4v) is 2.03. The van der Waals surface area contributed by atoms with Crippen LogP contribution >= 0.6 is 0 Å². The topological polar surface area (TPSA) is 29.5 Å². The lowest BCUT2D eigenvalue weighted by atomic mass is 9.74. The fraction of sp³-hybridized carbons (Fsp3) is 0.500. The van der Waals surface area contributed by atoms with Gasteiger partial charge in [0.2, 0.25) is 0 Å². The fourth-order valence-electron chi connectivity index (χ4n) is 2.03. The van der Waals surface area contributed by atoms with E-state index in [0.717, 1.165) is 7.11 Å².